The highest BCUT2D eigenvalue weighted by atomic mass is 35.5. The summed E-state index contributed by atoms with van der Waals surface area (Å²) in [5.74, 6) is 0.0257. The van der Waals surface area contributed by atoms with Crippen LogP contribution in [-0.4, -0.2) is 64.1 Å². The summed E-state index contributed by atoms with van der Waals surface area (Å²) in [5, 5.41) is 0.762. The van der Waals surface area contributed by atoms with Crippen molar-refractivity contribution in [2.75, 3.05) is 44.8 Å². The van der Waals surface area contributed by atoms with Gasteiger partial charge in [-0.25, -0.2) is 18.1 Å². The Morgan fingerprint density at radius 3 is 2.84 bits per heavy atom. The summed E-state index contributed by atoms with van der Waals surface area (Å²) in [6, 6.07) is 5.21. The van der Waals surface area contributed by atoms with Crippen LogP contribution in [0.5, 0.6) is 0 Å². The topological polar surface area (TPSA) is 91.8 Å². The Morgan fingerprint density at radius 1 is 1.39 bits per heavy atom. The van der Waals surface area contributed by atoms with E-state index < -0.39 is 10.0 Å². The molecule has 1 spiro atoms. The van der Waals surface area contributed by atoms with Crippen molar-refractivity contribution >= 4 is 49.7 Å². The van der Waals surface area contributed by atoms with Gasteiger partial charge in [-0.05, 0) is 36.6 Å². The average molecular weight is 485 g/mol. The van der Waals surface area contributed by atoms with E-state index >= 15 is 0 Å². The molecule has 0 saturated carbocycles. The molecule has 31 heavy (non-hydrogen) atoms. The number of hydrogen-bond acceptors (Lipinski definition) is 7. The molecule has 2 aliphatic rings. The standard InChI is InChI=1S/C20H25ClN4O4S2/c1-14(26)24-8-6-20(12-24)13-25(19-22-11-18(21)30-19)17-5-4-15(10-16(17)20)31(27,28)23-7-3-9-29-2/h4-5,10-11,23H,3,6-9,12-13H2,1-2H3. The molecule has 1 aromatic heterocycles. The third-order valence-corrected chi connectivity index (χ3v) is 8.51. The molecule has 4 rings (SSSR count). The number of methoxy groups -OCH3 is 1. The maximum absolute atomic E-state index is 12.9. The van der Waals surface area contributed by atoms with Crippen molar-refractivity contribution in [2.24, 2.45) is 0 Å². The molecule has 3 heterocycles. The van der Waals surface area contributed by atoms with Crippen molar-refractivity contribution in [2.45, 2.75) is 30.1 Å². The van der Waals surface area contributed by atoms with Gasteiger partial charge in [-0.3, -0.25) is 4.79 Å². The summed E-state index contributed by atoms with van der Waals surface area (Å²) in [6.45, 7) is 4.18. The van der Waals surface area contributed by atoms with Crippen LogP contribution in [-0.2, 0) is 25.0 Å². The van der Waals surface area contributed by atoms with E-state index in [1.54, 1.807) is 32.4 Å². The predicted octanol–water partition coefficient (Wildman–Crippen LogP) is 2.75. The van der Waals surface area contributed by atoms with Crippen LogP contribution in [0.15, 0.2) is 29.3 Å². The summed E-state index contributed by atoms with van der Waals surface area (Å²) in [6.07, 6.45) is 2.97. The second-order valence-electron chi connectivity index (χ2n) is 7.93. The van der Waals surface area contributed by atoms with Crippen molar-refractivity contribution in [3.8, 4) is 0 Å². The van der Waals surface area contributed by atoms with Crippen LogP contribution >= 0.6 is 22.9 Å². The number of rotatable bonds is 7. The van der Waals surface area contributed by atoms with Gasteiger partial charge >= 0.3 is 0 Å². The van der Waals surface area contributed by atoms with Gasteiger partial charge in [0.1, 0.15) is 4.34 Å². The van der Waals surface area contributed by atoms with Crippen LogP contribution in [0.25, 0.3) is 0 Å². The highest BCUT2D eigenvalue weighted by Crippen LogP contribution is 2.50. The number of hydrogen-bond donors (Lipinski definition) is 1. The fourth-order valence-corrected chi connectivity index (χ4v) is 6.37. The first-order valence-corrected chi connectivity index (χ1v) is 12.7. The zero-order valence-electron chi connectivity index (χ0n) is 17.4. The minimum absolute atomic E-state index is 0.0257. The number of sulfonamides is 1. The molecule has 1 aromatic carbocycles. The fourth-order valence-electron chi connectivity index (χ4n) is 4.35. The van der Waals surface area contributed by atoms with Crippen LogP contribution in [0.2, 0.25) is 4.34 Å². The summed E-state index contributed by atoms with van der Waals surface area (Å²) in [7, 11) is -2.07. The number of ether oxygens (including phenoxy) is 1. The molecule has 1 fully saturated rings. The number of benzene rings is 1. The van der Waals surface area contributed by atoms with Gasteiger partial charge in [0.2, 0.25) is 15.9 Å². The number of thiazole rings is 1. The SMILES string of the molecule is COCCCNS(=O)(=O)c1ccc2c(c1)C1(CCN(C(C)=O)C1)CN2c1ncc(Cl)s1. The molecule has 2 aromatic rings. The van der Waals surface area contributed by atoms with Crippen molar-refractivity contribution in [1.29, 1.82) is 0 Å². The van der Waals surface area contributed by atoms with Gasteiger partial charge in [-0.2, -0.15) is 0 Å². The normalized spacial score (nSPS) is 20.6. The Kier molecular flexibility index (Phi) is 6.28. The summed E-state index contributed by atoms with van der Waals surface area (Å²) in [4.78, 5) is 20.6. The molecule has 1 unspecified atom stereocenters. The Bertz CT molecular complexity index is 1090. The number of anilines is 2. The summed E-state index contributed by atoms with van der Waals surface area (Å²) >= 11 is 7.50. The minimum atomic E-state index is -3.66. The van der Waals surface area contributed by atoms with Gasteiger partial charge in [-0.15, -0.1) is 0 Å². The molecule has 0 radical (unpaired) electrons. The van der Waals surface area contributed by atoms with Gasteiger partial charge in [0, 0.05) is 57.9 Å². The lowest BCUT2D eigenvalue weighted by atomic mass is 9.81. The highest BCUT2D eigenvalue weighted by molar-refractivity contribution is 7.89. The van der Waals surface area contributed by atoms with E-state index in [4.69, 9.17) is 16.3 Å². The van der Waals surface area contributed by atoms with E-state index in [0.29, 0.717) is 43.5 Å². The number of carbonyl (C=O) groups is 1. The smallest absolute Gasteiger partial charge is 0.240 e. The third kappa shape index (κ3) is 4.31. The van der Waals surface area contributed by atoms with Gasteiger partial charge in [0.05, 0.1) is 11.1 Å². The number of likely N-dealkylation sites (tertiary alicyclic amines) is 1. The van der Waals surface area contributed by atoms with Crippen LogP contribution < -0.4 is 9.62 Å². The quantitative estimate of drug-likeness (QED) is 0.607. The van der Waals surface area contributed by atoms with E-state index in [1.165, 1.54) is 11.3 Å². The number of halogens is 1. The first kappa shape index (κ1) is 22.5. The Morgan fingerprint density at radius 2 is 2.19 bits per heavy atom. The molecule has 11 heteroatoms. The Hall–Kier alpha value is -1.72. The molecule has 1 amide bonds. The van der Waals surface area contributed by atoms with E-state index in [-0.39, 0.29) is 16.2 Å². The number of aromatic nitrogens is 1. The van der Waals surface area contributed by atoms with E-state index in [1.807, 2.05) is 11.0 Å². The van der Waals surface area contributed by atoms with Gasteiger partial charge in [0.15, 0.2) is 5.13 Å². The summed E-state index contributed by atoms with van der Waals surface area (Å²) in [5.41, 5.74) is 1.50. The number of fused-ring (bicyclic) bond motifs is 2. The minimum Gasteiger partial charge on any atom is -0.385 e. The average Bonchev–Trinajstić information content (AvgIpc) is 3.44. The van der Waals surface area contributed by atoms with Gasteiger partial charge in [-0.1, -0.05) is 22.9 Å². The molecule has 1 atom stereocenters. The first-order chi connectivity index (χ1) is 14.8. The maximum Gasteiger partial charge on any atom is 0.240 e. The predicted molar refractivity (Wildman–Crippen MR) is 121 cm³/mol. The zero-order chi connectivity index (χ0) is 22.2. The third-order valence-electron chi connectivity index (χ3n) is 5.91. The number of amides is 1. The summed E-state index contributed by atoms with van der Waals surface area (Å²) < 4.78 is 34.0. The number of nitrogens with one attached hydrogen (secondary N) is 1. The maximum atomic E-state index is 12.9. The molecule has 8 nitrogen and oxygen atoms in total. The largest absolute Gasteiger partial charge is 0.385 e. The molecular formula is C20H25ClN4O4S2. The van der Waals surface area contributed by atoms with Gasteiger partial charge in [0.25, 0.3) is 0 Å². The zero-order valence-corrected chi connectivity index (χ0v) is 19.8. The number of nitrogens with zero attached hydrogens (tertiary/aromatic N) is 3. The van der Waals surface area contributed by atoms with Crippen LogP contribution in [0.4, 0.5) is 10.8 Å². The molecule has 1 saturated heterocycles. The lowest BCUT2D eigenvalue weighted by Crippen LogP contribution is -2.36. The first-order valence-electron chi connectivity index (χ1n) is 10.0. The second-order valence-corrected chi connectivity index (χ2v) is 11.3. The van der Waals surface area contributed by atoms with Crippen molar-refractivity contribution in [3.63, 3.8) is 0 Å². The van der Waals surface area contributed by atoms with Crippen LogP contribution in [0.1, 0.15) is 25.3 Å². The molecule has 1 N–H and O–H groups in total. The van der Waals surface area contributed by atoms with Crippen LogP contribution in [0, 0.1) is 0 Å². The lowest BCUT2D eigenvalue weighted by molar-refractivity contribution is -0.127. The fraction of sp³-hybridized carbons (Fsp3) is 0.500. The van der Waals surface area contributed by atoms with Crippen LogP contribution in [0.3, 0.4) is 0 Å². The molecule has 2 aliphatic heterocycles. The molecule has 0 bridgehead atoms. The Balaban J connectivity index is 1.71. The van der Waals surface area contributed by atoms with Gasteiger partial charge < -0.3 is 14.5 Å². The van der Waals surface area contributed by atoms with E-state index in [9.17, 15) is 13.2 Å². The lowest BCUT2D eigenvalue weighted by Gasteiger charge is -2.25. The monoisotopic (exact) mass is 484 g/mol. The Labute approximate surface area is 191 Å². The van der Waals surface area contributed by atoms with Crippen molar-refractivity contribution in [3.05, 3.63) is 34.3 Å². The molecular weight excluding hydrogens is 460 g/mol. The highest BCUT2D eigenvalue weighted by Gasteiger charge is 2.49. The van der Waals surface area contributed by atoms with Crippen molar-refractivity contribution in [1.82, 2.24) is 14.6 Å². The second kappa shape index (κ2) is 8.67. The molecule has 168 valence electrons. The molecule has 0 aliphatic carbocycles. The van der Waals surface area contributed by atoms with E-state index in [0.717, 1.165) is 22.8 Å². The van der Waals surface area contributed by atoms with Crippen molar-refractivity contribution < 1.29 is 17.9 Å². The van der Waals surface area contributed by atoms with E-state index in [2.05, 4.69) is 14.6 Å². The number of carbonyl (C=O) groups excluding carboxylic acids is 1.